The molecule has 1 unspecified atom stereocenters. The van der Waals surface area contributed by atoms with Crippen LogP contribution in [0.2, 0.25) is 0 Å². The molecule has 7 heteroatoms. The average Bonchev–Trinajstić information content (AvgIpc) is 3.29. The third-order valence-corrected chi connectivity index (χ3v) is 4.54. The highest BCUT2D eigenvalue weighted by atomic mass is 16.5. The highest BCUT2D eigenvalue weighted by Gasteiger charge is 2.27. The molecular formula is C18H24N4O3. The van der Waals surface area contributed by atoms with Gasteiger partial charge in [0.15, 0.2) is 0 Å². The van der Waals surface area contributed by atoms with Gasteiger partial charge < -0.3 is 19.1 Å². The highest BCUT2D eigenvalue weighted by Crippen LogP contribution is 2.28. The molecule has 1 fully saturated rings. The number of methoxy groups -OCH3 is 1. The normalized spacial score (nSPS) is 16.9. The number of rotatable bonds is 6. The Morgan fingerprint density at radius 3 is 2.76 bits per heavy atom. The summed E-state index contributed by atoms with van der Waals surface area (Å²) in [5.74, 6) is 2.41. The second-order valence-electron chi connectivity index (χ2n) is 6.48. The fourth-order valence-corrected chi connectivity index (χ4v) is 3.04. The number of aromatic nitrogens is 2. The van der Waals surface area contributed by atoms with E-state index >= 15 is 0 Å². The van der Waals surface area contributed by atoms with E-state index in [9.17, 15) is 4.79 Å². The molecule has 0 spiro atoms. The molecular weight excluding hydrogens is 320 g/mol. The fraction of sp³-hybridized carbons (Fsp3) is 0.500. The van der Waals surface area contributed by atoms with Gasteiger partial charge in [-0.25, -0.2) is 0 Å². The summed E-state index contributed by atoms with van der Waals surface area (Å²) in [6, 6.07) is 8.10. The molecule has 1 atom stereocenters. The number of amides is 1. The van der Waals surface area contributed by atoms with Crippen molar-refractivity contribution in [1.29, 1.82) is 0 Å². The molecule has 1 aromatic heterocycles. The maximum Gasteiger partial charge on any atom is 0.265 e. The van der Waals surface area contributed by atoms with E-state index in [0.29, 0.717) is 30.6 Å². The maximum atomic E-state index is 12.4. The van der Waals surface area contributed by atoms with Crippen molar-refractivity contribution >= 4 is 11.9 Å². The number of carbonyl (C=O) groups is 1. The fourth-order valence-electron chi connectivity index (χ4n) is 3.04. The highest BCUT2D eigenvalue weighted by molar-refractivity contribution is 5.76. The number of carbonyl (C=O) groups excluding carboxylic acids is 1. The van der Waals surface area contributed by atoms with Crippen LogP contribution in [0.1, 0.15) is 30.2 Å². The standard InChI is InChI=1S/C18H24N4O3/c1-21(2)18-19-16(25-20-18)8-9-17(23)22-11-10-14(12-22)13-4-6-15(24-3)7-5-13/h4-7,14H,8-12H2,1-3H3. The zero-order valence-electron chi connectivity index (χ0n) is 14.9. The van der Waals surface area contributed by atoms with Gasteiger partial charge in [0.2, 0.25) is 11.8 Å². The van der Waals surface area contributed by atoms with E-state index in [1.54, 1.807) is 12.0 Å². The van der Waals surface area contributed by atoms with E-state index in [1.807, 2.05) is 31.1 Å². The number of ether oxygens (including phenoxy) is 1. The van der Waals surface area contributed by atoms with E-state index in [-0.39, 0.29) is 5.91 Å². The summed E-state index contributed by atoms with van der Waals surface area (Å²) in [5.41, 5.74) is 1.25. The van der Waals surface area contributed by atoms with Gasteiger partial charge in [-0.05, 0) is 29.3 Å². The quantitative estimate of drug-likeness (QED) is 0.799. The topological polar surface area (TPSA) is 71.7 Å². The van der Waals surface area contributed by atoms with Crippen molar-refractivity contribution in [3.63, 3.8) is 0 Å². The summed E-state index contributed by atoms with van der Waals surface area (Å²) in [6.45, 7) is 1.56. The number of benzene rings is 1. The minimum atomic E-state index is 0.139. The molecule has 1 saturated heterocycles. The Kier molecular flexibility index (Phi) is 5.21. The molecule has 3 rings (SSSR count). The predicted molar refractivity (Wildman–Crippen MR) is 93.9 cm³/mol. The lowest BCUT2D eigenvalue weighted by Crippen LogP contribution is -2.28. The van der Waals surface area contributed by atoms with Crippen molar-refractivity contribution in [3.05, 3.63) is 35.7 Å². The van der Waals surface area contributed by atoms with Gasteiger partial charge in [-0.15, -0.1) is 0 Å². The van der Waals surface area contributed by atoms with E-state index in [1.165, 1.54) is 5.56 Å². The first kappa shape index (κ1) is 17.3. The average molecular weight is 344 g/mol. The summed E-state index contributed by atoms with van der Waals surface area (Å²) in [7, 11) is 5.36. The lowest BCUT2D eigenvalue weighted by molar-refractivity contribution is -0.130. The SMILES string of the molecule is COc1ccc(C2CCN(C(=O)CCc3nc(N(C)C)no3)C2)cc1. The zero-order chi connectivity index (χ0) is 17.8. The molecule has 1 aliphatic heterocycles. The van der Waals surface area contributed by atoms with Crippen molar-refractivity contribution < 1.29 is 14.1 Å². The van der Waals surface area contributed by atoms with Crippen LogP contribution in [0.5, 0.6) is 5.75 Å². The van der Waals surface area contributed by atoms with Crippen LogP contribution in [-0.2, 0) is 11.2 Å². The van der Waals surface area contributed by atoms with Crippen molar-refractivity contribution in [1.82, 2.24) is 15.0 Å². The van der Waals surface area contributed by atoms with Crippen LogP contribution in [0.25, 0.3) is 0 Å². The Morgan fingerprint density at radius 1 is 1.36 bits per heavy atom. The van der Waals surface area contributed by atoms with Crippen LogP contribution in [0.15, 0.2) is 28.8 Å². The molecule has 0 saturated carbocycles. The van der Waals surface area contributed by atoms with Gasteiger partial charge >= 0.3 is 0 Å². The van der Waals surface area contributed by atoms with Crippen LogP contribution in [0.4, 0.5) is 5.95 Å². The molecule has 7 nitrogen and oxygen atoms in total. The Labute approximate surface area is 147 Å². The molecule has 0 aliphatic carbocycles. The minimum absolute atomic E-state index is 0.139. The molecule has 2 aromatic rings. The molecule has 0 bridgehead atoms. The van der Waals surface area contributed by atoms with E-state index in [4.69, 9.17) is 9.26 Å². The summed E-state index contributed by atoms with van der Waals surface area (Å²) in [4.78, 5) is 20.4. The Morgan fingerprint density at radius 2 is 2.12 bits per heavy atom. The van der Waals surface area contributed by atoms with E-state index in [2.05, 4.69) is 22.3 Å². The van der Waals surface area contributed by atoms with Crippen molar-refractivity contribution in [2.24, 2.45) is 0 Å². The number of aryl methyl sites for hydroxylation is 1. The van der Waals surface area contributed by atoms with Crippen LogP contribution >= 0.6 is 0 Å². The molecule has 0 radical (unpaired) electrons. The second kappa shape index (κ2) is 7.55. The maximum absolute atomic E-state index is 12.4. The molecule has 1 amide bonds. The van der Waals surface area contributed by atoms with Crippen molar-refractivity contribution in [2.45, 2.75) is 25.2 Å². The van der Waals surface area contributed by atoms with Gasteiger partial charge in [0, 0.05) is 45.9 Å². The largest absolute Gasteiger partial charge is 0.497 e. The van der Waals surface area contributed by atoms with Crippen LogP contribution < -0.4 is 9.64 Å². The number of nitrogens with zero attached hydrogens (tertiary/aromatic N) is 4. The molecule has 134 valence electrons. The zero-order valence-corrected chi connectivity index (χ0v) is 14.9. The summed E-state index contributed by atoms with van der Waals surface area (Å²) in [6.07, 6.45) is 1.86. The van der Waals surface area contributed by atoms with Gasteiger partial charge in [-0.3, -0.25) is 4.79 Å². The first-order valence-electron chi connectivity index (χ1n) is 8.48. The number of likely N-dealkylation sites (tertiary alicyclic amines) is 1. The lowest BCUT2D eigenvalue weighted by atomic mass is 9.98. The van der Waals surface area contributed by atoms with E-state index in [0.717, 1.165) is 25.3 Å². The van der Waals surface area contributed by atoms with E-state index < -0.39 is 0 Å². The first-order chi connectivity index (χ1) is 12.1. The molecule has 2 heterocycles. The number of hydrogen-bond acceptors (Lipinski definition) is 6. The second-order valence-corrected chi connectivity index (χ2v) is 6.48. The molecule has 25 heavy (non-hydrogen) atoms. The van der Waals surface area contributed by atoms with Crippen LogP contribution in [0.3, 0.4) is 0 Å². The third kappa shape index (κ3) is 4.10. The van der Waals surface area contributed by atoms with Gasteiger partial charge in [-0.1, -0.05) is 12.1 Å². The number of hydrogen-bond donors (Lipinski definition) is 0. The first-order valence-corrected chi connectivity index (χ1v) is 8.48. The van der Waals surface area contributed by atoms with Crippen LogP contribution in [-0.4, -0.2) is 55.2 Å². The summed E-state index contributed by atoms with van der Waals surface area (Å²) < 4.78 is 10.4. The molecule has 1 aliphatic rings. The van der Waals surface area contributed by atoms with Gasteiger partial charge in [0.05, 0.1) is 7.11 Å². The van der Waals surface area contributed by atoms with Crippen molar-refractivity contribution in [3.8, 4) is 5.75 Å². The molecule has 1 aromatic carbocycles. The summed E-state index contributed by atoms with van der Waals surface area (Å²) in [5, 5.41) is 3.86. The Bertz CT molecular complexity index is 711. The summed E-state index contributed by atoms with van der Waals surface area (Å²) >= 11 is 0. The minimum Gasteiger partial charge on any atom is -0.497 e. The molecule has 0 N–H and O–H groups in total. The monoisotopic (exact) mass is 344 g/mol. The third-order valence-electron chi connectivity index (χ3n) is 4.54. The number of anilines is 1. The van der Waals surface area contributed by atoms with Gasteiger partial charge in [0.1, 0.15) is 5.75 Å². The predicted octanol–water partition coefficient (Wildman–Crippen LogP) is 2.09. The Hall–Kier alpha value is -2.57. The van der Waals surface area contributed by atoms with Gasteiger partial charge in [-0.2, -0.15) is 4.98 Å². The van der Waals surface area contributed by atoms with Gasteiger partial charge in [0.25, 0.3) is 5.95 Å². The van der Waals surface area contributed by atoms with Crippen molar-refractivity contribution in [2.75, 3.05) is 39.2 Å². The lowest BCUT2D eigenvalue weighted by Gasteiger charge is -2.16. The van der Waals surface area contributed by atoms with Crippen LogP contribution in [0, 0.1) is 0 Å². The Balaban J connectivity index is 1.51. The smallest absolute Gasteiger partial charge is 0.265 e.